The van der Waals surface area contributed by atoms with Gasteiger partial charge in [-0.15, -0.1) is 0 Å². The average Bonchev–Trinajstić information content (AvgIpc) is 3.42. The van der Waals surface area contributed by atoms with Crippen LogP contribution >= 0.6 is 0 Å². The first kappa shape index (κ1) is 21.9. The zero-order valence-corrected chi connectivity index (χ0v) is 18.6. The maximum atomic E-state index is 12.5. The molecule has 33 heavy (non-hydrogen) atoms. The van der Waals surface area contributed by atoms with E-state index in [1.165, 1.54) is 0 Å². The van der Waals surface area contributed by atoms with Gasteiger partial charge in [0.25, 0.3) is 11.8 Å². The molecule has 0 bridgehead atoms. The van der Waals surface area contributed by atoms with Gasteiger partial charge in [-0.1, -0.05) is 6.07 Å². The number of carbonyl (C=O) groups is 2. The molecule has 8 nitrogen and oxygen atoms in total. The van der Waals surface area contributed by atoms with E-state index in [0.717, 1.165) is 16.9 Å². The SMILES string of the molecule is Cc1cc(C)cc(OCc2ccc(C(=O)Nc3ccc(NC(=O)c4ccn(C)n4)cc3)o2)c1. The van der Waals surface area contributed by atoms with Crippen molar-refractivity contribution in [2.75, 3.05) is 10.6 Å². The average molecular weight is 444 g/mol. The molecular formula is C25H24N4O4. The lowest BCUT2D eigenvalue weighted by molar-refractivity contribution is 0.0990. The lowest BCUT2D eigenvalue weighted by atomic mass is 10.1. The molecule has 0 unspecified atom stereocenters. The van der Waals surface area contributed by atoms with Gasteiger partial charge in [0, 0.05) is 24.6 Å². The van der Waals surface area contributed by atoms with Gasteiger partial charge in [-0.05, 0) is 79.6 Å². The lowest BCUT2D eigenvalue weighted by Gasteiger charge is -2.07. The van der Waals surface area contributed by atoms with Crippen molar-refractivity contribution in [2.45, 2.75) is 20.5 Å². The van der Waals surface area contributed by atoms with Gasteiger partial charge < -0.3 is 19.8 Å². The Morgan fingerprint density at radius 2 is 1.55 bits per heavy atom. The van der Waals surface area contributed by atoms with Gasteiger partial charge in [0.1, 0.15) is 18.1 Å². The number of amides is 2. The molecule has 0 aliphatic heterocycles. The van der Waals surface area contributed by atoms with E-state index < -0.39 is 0 Å². The molecule has 0 atom stereocenters. The molecule has 2 aromatic heterocycles. The van der Waals surface area contributed by atoms with Crippen LogP contribution in [-0.2, 0) is 13.7 Å². The molecule has 0 aliphatic rings. The first-order chi connectivity index (χ1) is 15.9. The first-order valence-corrected chi connectivity index (χ1v) is 10.4. The van der Waals surface area contributed by atoms with Crippen molar-refractivity contribution in [2.24, 2.45) is 7.05 Å². The fraction of sp³-hybridized carbons (Fsp3) is 0.160. The number of nitrogens with one attached hydrogen (secondary N) is 2. The Morgan fingerprint density at radius 1 is 0.909 bits per heavy atom. The first-order valence-electron chi connectivity index (χ1n) is 10.4. The van der Waals surface area contributed by atoms with Crippen molar-refractivity contribution in [3.8, 4) is 5.75 Å². The predicted molar refractivity (Wildman–Crippen MR) is 125 cm³/mol. The van der Waals surface area contributed by atoms with Crippen LogP contribution in [-0.4, -0.2) is 21.6 Å². The van der Waals surface area contributed by atoms with E-state index in [1.54, 1.807) is 60.4 Å². The number of hydrogen-bond donors (Lipinski definition) is 2. The molecule has 2 heterocycles. The largest absolute Gasteiger partial charge is 0.486 e. The summed E-state index contributed by atoms with van der Waals surface area (Å²) in [6.07, 6.45) is 1.70. The Bertz CT molecular complexity index is 1270. The van der Waals surface area contributed by atoms with E-state index in [-0.39, 0.29) is 24.2 Å². The molecule has 0 aliphatic carbocycles. The van der Waals surface area contributed by atoms with Gasteiger partial charge in [-0.3, -0.25) is 14.3 Å². The fourth-order valence-electron chi connectivity index (χ4n) is 3.31. The smallest absolute Gasteiger partial charge is 0.291 e. The minimum absolute atomic E-state index is 0.182. The van der Waals surface area contributed by atoms with Crippen LogP contribution in [0.2, 0.25) is 0 Å². The Kier molecular flexibility index (Phi) is 6.26. The molecule has 4 rings (SSSR count). The number of benzene rings is 2. The van der Waals surface area contributed by atoms with E-state index in [0.29, 0.717) is 22.8 Å². The second-order valence-corrected chi connectivity index (χ2v) is 7.74. The fourth-order valence-corrected chi connectivity index (χ4v) is 3.31. The molecule has 4 aromatic rings. The number of carbonyl (C=O) groups excluding carboxylic acids is 2. The van der Waals surface area contributed by atoms with Gasteiger partial charge in [0.2, 0.25) is 0 Å². The Labute approximate surface area is 191 Å². The highest BCUT2D eigenvalue weighted by Crippen LogP contribution is 2.20. The topological polar surface area (TPSA) is 98.4 Å². The van der Waals surface area contributed by atoms with Crippen molar-refractivity contribution >= 4 is 23.2 Å². The van der Waals surface area contributed by atoms with Crippen LogP contribution in [0, 0.1) is 13.8 Å². The monoisotopic (exact) mass is 444 g/mol. The van der Waals surface area contributed by atoms with E-state index in [2.05, 4.69) is 21.8 Å². The van der Waals surface area contributed by atoms with Gasteiger partial charge >= 0.3 is 0 Å². The third-order valence-corrected chi connectivity index (χ3v) is 4.81. The number of furan rings is 1. The molecule has 2 amide bonds. The van der Waals surface area contributed by atoms with Crippen LogP contribution in [0.15, 0.2) is 71.3 Å². The highest BCUT2D eigenvalue weighted by atomic mass is 16.5. The third kappa shape index (κ3) is 5.68. The van der Waals surface area contributed by atoms with Crippen LogP contribution in [0.3, 0.4) is 0 Å². The molecule has 2 aromatic carbocycles. The summed E-state index contributed by atoms with van der Waals surface area (Å²) < 4.78 is 13.0. The summed E-state index contributed by atoms with van der Waals surface area (Å²) in [5.41, 5.74) is 3.72. The molecule has 0 fully saturated rings. The van der Waals surface area contributed by atoms with Gasteiger partial charge in [-0.2, -0.15) is 5.10 Å². The van der Waals surface area contributed by atoms with Crippen molar-refractivity contribution in [1.29, 1.82) is 0 Å². The van der Waals surface area contributed by atoms with Crippen molar-refractivity contribution in [3.63, 3.8) is 0 Å². The summed E-state index contributed by atoms with van der Waals surface area (Å²) in [6.45, 7) is 4.24. The minimum atomic E-state index is -0.377. The van der Waals surface area contributed by atoms with Crippen LogP contribution in [0.5, 0.6) is 5.75 Å². The summed E-state index contributed by atoms with van der Waals surface area (Å²) in [7, 11) is 1.74. The molecule has 0 radical (unpaired) electrons. The predicted octanol–water partition coefficient (Wildman–Crippen LogP) is 4.71. The second-order valence-electron chi connectivity index (χ2n) is 7.74. The normalized spacial score (nSPS) is 10.6. The van der Waals surface area contributed by atoms with E-state index >= 15 is 0 Å². The highest BCUT2D eigenvalue weighted by Gasteiger charge is 2.13. The van der Waals surface area contributed by atoms with Gasteiger partial charge in [0.05, 0.1) is 0 Å². The minimum Gasteiger partial charge on any atom is -0.486 e. The van der Waals surface area contributed by atoms with Crippen LogP contribution in [0.1, 0.15) is 37.9 Å². The number of aryl methyl sites for hydroxylation is 3. The van der Waals surface area contributed by atoms with Gasteiger partial charge in [-0.25, -0.2) is 0 Å². The summed E-state index contributed by atoms with van der Waals surface area (Å²) >= 11 is 0. The number of nitrogens with zero attached hydrogens (tertiary/aromatic N) is 2. The molecule has 0 saturated heterocycles. The summed E-state index contributed by atoms with van der Waals surface area (Å²) in [4.78, 5) is 24.7. The molecule has 2 N–H and O–H groups in total. The Morgan fingerprint density at radius 3 is 2.15 bits per heavy atom. The van der Waals surface area contributed by atoms with Crippen LogP contribution < -0.4 is 15.4 Å². The van der Waals surface area contributed by atoms with E-state index in [9.17, 15) is 9.59 Å². The highest BCUT2D eigenvalue weighted by molar-refractivity contribution is 6.04. The van der Waals surface area contributed by atoms with E-state index in [4.69, 9.17) is 9.15 Å². The van der Waals surface area contributed by atoms with Crippen molar-refractivity contribution in [1.82, 2.24) is 9.78 Å². The molecule has 168 valence electrons. The second kappa shape index (κ2) is 9.44. The lowest BCUT2D eigenvalue weighted by Crippen LogP contribution is -2.13. The molecule has 0 saturated carbocycles. The number of rotatable bonds is 7. The standard InChI is InChI=1S/C25H24N4O4/c1-16-12-17(2)14-21(13-16)32-15-20-8-9-23(33-20)25(31)27-19-6-4-18(5-7-19)26-24(30)22-10-11-29(3)28-22/h4-14H,15H2,1-3H3,(H,26,30)(H,27,31). The Hall–Kier alpha value is -4.33. The summed E-state index contributed by atoms with van der Waals surface area (Å²) in [6, 6.07) is 17.7. The van der Waals surface area contributed by atoms with E-state index in [1.807, 2.05) is 26.0 Å². The zero-order chi connectivity index (χ0) is 23.4. The molecule has 0 spiro atoms. The van der Waals surface area contributed by atoms with Crippen molar-refractivity contribution in [3.05, 3.63) is 95.2 Å². The summed E-state index contributed by atoms with van der Waals surface area (Å²) in [5.74, 6) is 0.801. The van der Waals surface area contributed by atoms with Crippen molar-refractivity contribution < 1.29 is 18.7 Å². The van der Waals surface area contributed by atoms with Gasteiger partial charge in [0.15, 0.2) is 11.5 Å². The zero-order valence-electron chi connectivity index (χ0n) is 18.6. The van der Waals surface area contributed by atoms with Crippen LogP contribution in [0.25, 0.3) is 0 Å². The number of hydrogen-bond acceptors (Lipinski definition) is 5. The summed E-state index contributed by atoms with van der Waals surface area (Å²) in [5, 5.41) is 9.60. The quantitative estimate of drug-likeness (QED) is 0.430. The third-order valence-electron chi connectivity index (χ3n) is 4.81. The maximum absolute atomic E-state index is 12.5. The molecule has 8 heteroatoms. The molecular weight excluding hydrogens is 420 g/mol. The Balaban J connectivity index is 1.32. The number of ether oxygens (including phenoxy) is 1. The number of anilines is 2. The maximum Gasteiger partial charge on any atom is 0.291 e. The number of aromatic nitrogens is 2. The van der Waals surface area contributed by atoms with Crippen LogP contribution in [0.4, 0.5) is 11.4 Å².